The fourth-order valence-corrected chi connectivity index (χ4v) is 5.87. The number of fused-ring (bicyclic) bond motifs is 2. The van der Waals surface area contributed by atoms with Crippen LogP contribution in [0.3, 0.4) is 0 Å². The van der Waals surface area contributed by atoms with Crippen LogP contribution in [0.4, 0.5) is 5.69 Å². The van der Waals surface area contributed by atoms with Gasteiger partial charge in [0.1, 0.15) is 0 Å². The summed E-state index contributed by atoms with van der Waals surface area (Å²) in [6.07, 6.45) is 18.5. The topological polar surface area (TPSA) is 72.5 Å². The number of hydrogen-bond acceptors (Lipinski definition) is 5. The number of carbonyl (C=O) groups excluding carboxylic acids is 1. The second-order valence-electron chi connectivity index (χ2n) is 12.4. The standard InChI is InChI=1S/C38H53N3O3/c1-29(2)17-9-5-6-10-22-37(42)40-28-30-23-24-35(36(27-30)43-3)44-26-16-8-4-7-15-25-39-38-31-18-11-13-20-33(31)41-34-21-14-12-19-32(34)38/h9,11,13,17-18,20,23-24,27,29H,4-8,10,12,14-16,19,21-22,25-26,28H2,1-3H3,(H,39,41)(H,40,42)/b17-9+. The number of methoxy groups -OCH3 is 1. The minimum atomic E-state index is 0.0951. The highest BCUT2D eigenvalue weighted by atomic mass is 16.5. The first-order valence-electron chi connectivity index (χ1n) is 16.9. The van der Waals surface area contributed by atoms with Crippen molar-refractivity contribution in [2.45, 2.75) is 104 Å². The number of pyridine rings is 1. The maximum Gasteiger partial charge on any atom is 0.220 e. The molecule has 238 valence electrons. The predicted molar refractivity (Wildman–Crippen MR) is 183 cm³/mol. The van der Waals surface area contributed by atoms with E-state index in [1.54, 1.807) is 7.11 Å². The third kappa shape index (κ3) is 10.6. The quantitative estimate of drug-likeness (QED) is 0.106. The maximum absolute atomic E-state index is 12.2. The number of benzene rings is 2. The smallest absolute Gasteiger partial charge is 0.220 e. The molecule has 6 heteroatoms. The van der Waals surface area contributed by atoms with Gasteiger partial charge in [0, 0.05) is 36.3 Å². The maximum atomic E-state index is 12.2. The number of aromatic nitrogens is 1. The van der Waals surface area contributed by atoms with Crippen molar-refractivity contribution in [2.24, 2.45) is 5.92 Å². The Labute approximate surface area is 265 Å². The van der Waals surface area contributed by atoms with Crippen LogP contribution in [0.5, 0.6) is 11.5 Å². The van der Waals surface area contributed by atoms with E-state index in [9.17, 15) is 4.79 Å². The fourth-order valence-electron chi connectivity index (χ4n) is 5.87. The SMILES string of the molecule is COc1cc(CNC(=O)CCCC/C=C/C(C)C)ccc1OCCCCCCCNc1c2c(nc3ccccc13)CCCC2. The summed E-state index contributed by atoms with van der Waals surface area (Å²) in [5.41, 5.74) is 6.18. The molecular weight excluding hydrogens is 546 g/mol. The number of nitrogens with one attached hydrogen (secondary N) is 2. The molecule has 4 rings (SSSR count). The lowest BCUT2D eigenvalue weighted by Crippen LogP contribution is -2.22. The Hall–Kier alpha value is -3.54. The van der Waals surface area contributed by atoms with Crippen LogP contribution in [0.2, 0.25) is 0 Å². The lowest BCUT2D eigenvalue weighted by Gasteiger charge is -2.21. The summed E-state index contributed by atoms with van der Waals surface area (Å²) >= 11 is 0. The van der Waals surface area contributed by atoms with E-state index in [1.807, 2.05) is 18.2 Å². The van der Waals surface area contributed by atoms with E-state index < -0.39 is 0 Å². The second kappa shape index (κ2) is 18.3. The zero-order chi connectivity index (χ0) is 31.0. The number of nitrogens with zero attached hydrogens (tertiary/aromatic N) is 1. The van der Waals surface area contributed by atoms with Crippen molar-refractivity contribution in [3.8, 4) is 11.5 Å². The lowest BCUT2D eigenvalue weighted by molar-refractivity contribution is -0.121. The van der Waals surface area contributed by atoms with E-state index in [0.717, 1.165) is 74.7 Å². The summed E-state index contributed by atoms with van der Waals surface area (Å²) in [4.78, 5) is 17.2. The summed E-state index contributed by atoms with van der Waals surface area (Å²) in [5, 5.41) is 8.07. The van der Waals surface area contributed by atoms with E-state index in [-0.39, 0.29) is 5.91 Å². The van der Waals surface area contributed by atoms with Gasteiger partial charge in [0.05, 0.1) is 19.2 Å². The number of hydrogen-bond donors (Lipinski definition) is 2. The highest BCUT2D eigenvalue weighted by molar-refractivity contribution is 5.93. The van der Waals surface area contributed by atoms with Crippen LogP contribution in [0.15, 0.2) is 54.6 Å². The number of ether oxygens (including phenoxy) is 2. The molecule has 1 heterocycles. The number of allylic oxidation sites excluding steroid dienone is 2. The van der Waals surface area contributed by atoms with E-state index in [1.165, 1.54) is 48.0 Å². The van der Waals surface area contributed by atoms with Gasteiger partial charge >= 0.3 is 0 Å². The predicted octanol–water partition coefficient (Wildman–Crippen LogP) is 8.95. The highest BCUT2D eigenvalue weighted by Crippen LogP contribution is 2.33. The first kappa shape index (κ1) is 33.4. The Kier molecular flexibility index (Phi) is 13.9. The van der Waals surface area contributed by atoms with Gasteiger partial charge in [-0.1, -0.05) is 69.5 Å². The number of para-hydroxylation sites is 1. The van der Waals surface area contributed by atoms with Gasteiger partial charge in [-0.3, -0.25) is 9.78 Å². The number of amides is 1. The van der Waals surface area contributed by atoms with E-state index in [4.69, 9.17) is 14.5 Å². The van der Waals surface area contributed by atoms with Crippen LogP contribution in [-0.2, 0) is 24.2 Å². The molecule has 1 aliphatic rings. The minimum Gasteiger partial charge on any atom is -0.493 e. The van der Waals surface area contributed by atoms with Crippen molar-refractivity contribution < 1.29 is 14.3 Å². The molecule has 2 aromatic carbocycles. The molecule has 2 N–H and O–H groups in total. The zero-order valence-electron chi connectivity index (χ0n) is 27.3. The van der Waals surface area contributed by atoms with Gasteiger partial charge in [-0.2, -0.15) is 0 Å². The summed E-state index contributed by atoms with van der Waals surface area (Å²) < 4.78 is 11.6. The van der Waals surface area contributed by atoms with Crippen molar-refractivity contribution in [2.75, 3.05) is 25.6 Å². The Morgan fingerprint density at radius 2 is 1.77 bits per heavy atom. The first-order valence-corrected chi connectivity index (χ1v) is 16.9. The summed E-state index contributed by atoms with van der Waals surface area (Å²) in [6, 6.07) is 14.5. The lowest BCUT2D eigenvalue weighted by atomic mass is 9.92. The Bertz CT molecular complexity index is 1350. The second-order valence-corrected chi connectivity index (χ2v) is 12.4. The number of rotatable bonds is 19. The number of carbonyl (C=O) groups is 1. The molecule has 0 aliphatic heterocycles. The average molecular weight is 600 g/mol. The van der Waals surface area contributed by atoms with Crippen molar-refractivity contribution in [3.05, 3.63) is 71.4 Å². The molecule has 44 heavy (non-hydrogen) atoms. The highest BCUT2D eigenvalue weighted by Gasteiger charge is 2.17. The zero-order valence-corrected chi connectivity index (χ0v) is 27.3. The molecule has 0 saturated carbocycles. The van der Waals surface area contributed by atoms with Crippen LogP contribution in [0.25, 0.3) is 10.9 Å². The molecule has 0 spiro atoms. The van der Waals surface area contributed by atoms with Gasteiger partial charge in [0.2, 0.25) is 5.91 Å². The molecule has 6 nitrogen and oxygen atoms in total. The normalized spacial score (nSPS) is 12.9. The molecule has 3 aromatic rings. The van der Waals surface area contributed by atoms with Gasteiger partial charge in [-0.05, 0) is 93.0 Å². The Balaban J connectivity index is 1.09. The molecule has 0 radical (unpaired) electrons. The van der Waals surface area contributed by atoms with E-state index >= 15 is 0 Å². The van der Waals surface area contributed by atoms with Crippen LogP contribution < -0.4 is 20.1 Å². The average Bonchev–Trinajstić information content (AvgIpc) is 3.04. The molecule has 0 fully saturated rings. The van der Waals surface area contributed by atoms with E-state index in [2.05, 4.69) is 60.9 Å². The molecule has 1 amide bonds. The molecule has 1 aliphatic carbocycles. The minimum absolute atomic E-state index is 0.0951. The van der Waals surface area contributed by atoms with Crippen LogP contribution in [0, 0.1) is 5.92 Å². The molecule has 0 bridgehead atoms. The molecule has 0 saturated heterocycles. The largest absolute Gasteiger partial charge is 0.493 e. The third-order valence-electron chi connectivity index (χ3n) is 8.31. The number of unbranched alkanes of at least 4 members (excludes halogenated alkanes) is 6. The number of aryl methyl sites for hydroxylation is 1. The fraction of sp³-hybridized carbons (Fsp3) is 0.526. The van der Waals surface area contributed by atoms with Crippen LogP contribution in [0.1, 0.15) is 101 Å². The van der Waals surface area contributed by atoms with Crippen molar-refractivity contribution >= 4 is 22.5 Å². The Morgan fingerprint density at radius 3 is 2.64 bits per heavy atom. The summed E-state index contributed by atoms with van der Waals surface area (Å²) in [7, 11) is 1.66. The van der Waals surface area contributed by atoms with Crippen LogP contribution in [-0.4, -0.2) is 31.2 Å². The molecular formula is C38H53N3O3. The molecule has 1 aromatic heterocycles. The van der Waals surface area contributed by atoms with Gasteiger partial charge in [0.15, 0.2) is 11.5 Å². The van der Waals surface area contributed by atoms with Gasteiger partial charge in [-0.25, -0.2) is 0 Å². The van der Waals surface area contributed by atoms with Gasteiger partial charge in [-0.15, -0.1) is 0 Å². The monoisotopic (exact) mass is 599 g/mol. The van der Waals surface area contributed by atoms with Gasteiger partial charge in [0.25, 0.3) is 0 Å². The van der Waals surface area contributed by atoms with Crippen molar-refractivity contribution in [3.63, 3.8) is 0 Å². The Morgan fingerprint density at radius 1 is 0.955 bits per heavy atom. The van der Waals surface area contributed by atoms with Crippen molar-refractivity contribution in [1.29, 1.82) is 0 Å². The molecule has 0 unspecified atom stereocenters. The van der Waals surface area contributed by atoms with Crippen LogP contribution >= 0.6 is 0 Å². The van der Waals surface area contributed by atoms with E-state index in [0.29, 0.717) is 31.2 Å². The number of anilines is 1. The first-order chi connectivity index (χ1) is 21.5. The summed E-state index contributed by atoms with van der Waals surface area (Å²) in [6.45, 7) is 6.52. The molecule has 0 atom stereocenters. The third-order valence-corrected chi connectivity index (χ3v) is 8.31. The summed E-state index contributed by atoms with van der Waals surface area (Å²) in [5.74, 6) is 2.15. The van der Waals surface area contributed by atoms with Crippen molar-refractivity contribution in [1.82, 2.24) is 10.3 Å². The van der Waals surface area contributed by atoms with Gasteiger partial charge < -0.3 is 20.1 Å².